The second kappa shape index (κ2) is 12.6. The highest BCUT2D eigenvalue weighted by Gasteiger charge is 2.25. The molecule has 3 aromatic carbocycles. The van der Waals surface area contributed by atoms with Crippen molar-refractivity contribution >= 4 is 34.0 Å². The van der Waals surface area contributed by atoms with Crippen molar-refractivity contribution in [3.05, 3.63) is 113 Å². The van der Waals surface area contributed by atoms with Crippen LogP contribution in [0.3, 0.4) is 0 Å². The summed E-state index contributed by atoms with van der Waals surface area (Å²) in [7, 11) is 0. The first-order valence-corrected chi connectivity index (χ1v) is 13.8. The molecule has 0 aliphatic carbocycles. The van der Waals surface area contributed by atoms with E-state index in [1.165, 1.54) is 23.5 Å². The molecule has 1 aliphatic rings. The molecule has 1 aliphatic heterocycles. The minimum atomic E-state index is -0.310. The molecule has 7 nitrogen and oxygen atoms in total. The molecule has 0 bridgehead atoms. The van der Waals surface area contributed by atoms with Crippen LogP contribution < -0.4 is 10.6 Å². The number of hydrogen-bond acceptors (Lipinski definition) is 6. The lowest BCUT2D eigenvalue weighted by atomic mass is 9.99. The van der Waals surface area contributed by atoms with E-state index >= 15 is 0 Å². The van der Waals surface area contributed by atoms with Crippen LogP contribution in [-0.2, 0) is 11.2 Å². The van der Waals surface area contributed by atoms with Gasteiger partial charge in [0.15, 0.2) is 5.13 Å². The van der Waals surface area contributed by atoms with Crippen molar-refractivity contribution in [3.8, 4) is 0 Å². The van der Waals surface area contributed by atoms with Gasteiger partial charge in [-0.3, -0.25) is 14.5 Å². The van der Waals surface area contributed by atoms with E-state index < -0.39 is 0 Å². The molecule has 0 spiro atoms. The van der Waals surface area contributed by atoms with Gasteiger partial charge in [0.25, 0.3) is 5.91 Å². The Morgan fingerprint density at radius 2 is 1.56 bits per heavy atom. The maximum Gasteiger partial charge on any atom is 0.273 e. The topological polar surface area (TPSA) is 77.6 Å². The zero-order valence-electron chi connectivity index (χ0n) is 21.4. The first-order chi connectivity index (χ1) is 19.0. The molecule has 2 heterocycles. The van der Waals surface area contributed by atoms with Crippen molar-refractivity contribution in [2.45, 2.75) is 12.5 Å². The maximum absolute atomic E-state index is 13.1. The Morgan fingerprint density at radius 1 is 0.897 bits per heavy atom. The summed E-state index contributed by atoms with van der Waals surface area (Å²) in [6.45, 7) is 2.55. The number of carbonyl (C=O) groups is 2. The smallest absolute Gasteiger partial charge is 0.273 e. The lowest BCUT2D eigenvalue weighted by Gasteiger charge is -2.34. The third-order valence-corrected chi connectivity index (χ3v) is 7.42. The first kappa shape index (κ1) is 26.5. The number of piperazine rings is 1. The van der Waals surface area contributed by atoms with E-state index in [1.54, 1.807) is 22.4 Å². The third-order valence-electron chi connectivity index (χ3n) is 6.67. The highest BCUT2D eigenvalue weighted by atomic mass is 32.1. The zero-order valence-corrected chi connectivity index (χ0v) is 22.2. The summed E-state index contributed by atoms with van der Waals surface area (Å²) in [5, 5.41) is 8.61. The van der Waals surface area contributed by atoms with E-state index in [4.69, 9.17) is 0 Å². The molecular weight excluding hydrogens is 513 g/mol. The van der Waals surface area contributed by atoms with Gasteiger partial charge in [-0.05, 0) is 41.8 Å². The molecule has 2 N–H and O–H groups in total. The molecule has 200 valence electrons. The lowest BCUT2D eigenvalue weighted by Crippen LogP contribution is -2.51. The number of amides is 2. The summed E-state index contributed by atoms with van der Waals surface area (Å²) in [5.74, 6) is -0.472. The van der Waals surface area contributed by atoms with Crippen molar-refractivity contribution in [2.24, 2.45) is 0 Å². The number of hydrogen-bond donors (Lipinski definition) is 2. The third kappa shape index (κ3) is 7.28. The van der Waals surface area contributed by atoms with E-state index in [-0.39, 0.29) is 30.2 Å². The molecule has 1 fully saturated rings. The van der Waals surface area contributed by atoms with Gasteiger partial charge in [0.2, 0.25) is 5.91 Å². The molecular formula is C30H30FN5O2S. The highest BCUT2D eigenvalue weighted by Crippen LogP contribution is 2.23. The summed E-state index contributed by atoms with van der Waals surface area (Å²) in [6, 6.07) is 26.0. The molecule has 2 amide bonds. The van der Waals surface area contributed by atoms with Crippen LogP contribution in [0, 0.1) is 5.82 Å². The standard InChI is InChI=1S/C30H30FN5O2S/c31-24-11-13-25(14-12-24)32-30-34-27(21-39-30)29(38)36-17-15-35(16-18-36)20-28(37)33-26(23-9-5-2-6-10-23)19-22-7-3-1-4-8-22/h1-14,21,26H,15-20H2,(H,32,34)(H,33,37). The number of thiazole rings is 1. The van der Waals surface area contributed by atoms with Crippen LogP contribution in [0.1, 0.15) is 27.7 Å². The lowest BCUT2D eigenvalue weighted by molar-refractivity contribution is -0.123. The Balaban J connectivity index is 1.12. The van der Waals surface area contributed by atoms with Crippen LogP contribution in [0.2, 0.25) is 0 Å². The zero-order chi connectivity index (χ0) is 27.0. The largest absolute Gasteiger partial charge is 0.348 e. The van der Waals surface area contributed by atoms with Crippen LogP contribution in [0.5, 0.6) is 0 Å². The molecule has 0 saturated carbocycles. The summed E-state index contributed by atoms with van der Waals surface area (Å²) < 4.78 is 13.1. The fourth-order valence-electron chi connectivity index (χ4n) is 4.59. The highest BCUT2D eigenvalue weighted by molar-refractivity contribution is 7.14. The van der Waals surface area contributed by atoms with Crippen LogP contribution >= 0.6 is 11.3 Å². The number of anilines is 2. The van der Waals surface area contributed by atoms with E-state index in [9.17, 15) is 14.0 Å². The summed E-state index contributed by atoms with van der Waals surface area (Å²) in [5.41, 5.74) is 3.32. The van der Waals surface area contributed by atoms with Gasteiger partial charge < -0.3 is 15.5 Å². The predicted octanol–water partition coefficient (Wildman–Crippen LogP) is 4.88. The average molecular weight is 544 g/mol. The van der Waals surface area contributed by atoms with Crippen molar-refractivity contribution in [1.29, 1.82) is 0 Å². The second-order valence-corrected chi connectivity index (χ2v) is 10.3. The summed E-state index contributed by atoms with van der Waals surface area (Å²) in [4.78, 5) is 34.3. The summed E-state index contributed by atoms with van der Waals surface area (Å²) >= 11 is 1.33. The molecule has 5 rings (SSSR count). The Labute approximate surface area is 231 Å². The number of benzene rings is 3. The van der Waals surface area contributed by atoms with Gasteiger partial charge in [-0.15, -0.1) is 11.3 Å². The monoisotopic (exact) mass is 543 g/mol. The predicted molar refractivity (Wildman–Crippen MR) is 152 cm³/mol. The first-order valence-electron chi connectivity index (χ1n) is 12.9. The SMILES string of the molecule is O=C(CN1CCN(C(=O)c2csc(Nc3ccc(F)cc3)n2)CC1)NC(Cc1ccccc1)c1ccccc1. The van der Waals surface area contributed by atoms with Gasteiger partial charge in [0.1, 0.15) is 11.5 Å². The molecule has 1 atom stereocenters. The maximum atomic E-state index is 13.1. The average Bonchev–Trinajstić information content (AvgIpc) is 3.43. The minimum absolute atomic E-state index is 0.0319. The molecule has 1 saturated heterocycles. The molecule has 4 aromatic rings. The van der Waals surface area contributed by atoms with Crippen LogP contribution in [-0.4, -0.2) is 59.3 Å². The number of halogens is 1. The normalized spacial score (nSPS) is 14.5. The van der Waals surface area contributed by atoms with Crippen molar-refractivity contribution in [1.82, 2.24) is 20.1 Å². The van der Waals surface area contributed by atoms with E-state index in [0.29, 0.717) is 49.1 Å². The van der Waals surface area contributed by atoms with Gasteiger partial charge >= 0.3 is 0 Å². The molecule has 1 unspecified atom stereocenters. The van der Waals surface area contributed by atoms with E-state index in [1.807, 2.05) is 48.5 Å². The number of nitrogens with zero attached hydrogens (tertiary/aromatic N) is 3. The van der Waals surface area contributed by atoms with Gasteiger partial charge in [-0.2, -0.15) is 0 Å². The Hall–Kier alpha value is -4.08. The quantitative estimate of drug-likeness (QED) is 0.315. The second-order valence-electron chi connectivity index (χ2n) is 9.46. The molecule has 0 radical (unpaired) electrons. The van der Waals surface area contributed by atoms with Crippen molar-refractivity contribution in [3.63, 3.8) is 0 Å². The van der Waals surface area contributed by atoms with Gasteiger partial charge in [-0.1, -0.05) is 60.7 Å². The number of rotatable bonds is 9. The summed E-state index contributed by atoms with van der Waals surface area (Å²) in [6.07, 6.45) is 0.713. The van der Waals surface area contributed by atoms with Crippen LogP contribution in [0.25, 0.3) is 0 Å². The Bertz CT molecular complexity index is 1370. The van der Waals surface area contributed by atoms with Crippen molar-refractivity contribution < 1.29 is 14.0 Å². The van der Waals surface area contributed by atoms with Crippen LogP contribution in [0.15, 0.2) is 90.3 Å². The van der Waals surface area contributed by atoms with Gasteiger partial charge in [0, 0.05) is 37.2 Å². The Kier molecular flexibility index (Phi) is 8.60. The fraction of sp³-hybridized carbons (Fsp3) is 0.233. The molecule has 39 heavy (non-hydrogen) atoms. The van der Waals surface area contributed by atoms with Gasteiger partial charge in [-0.25, -0.2) is 9.37 Å². The van der Waals surface area contributed by atoms with Gasteiger partial charge in [0.05, 0.1) is 12.6 Å². The molecule has 9 heteroatoms. The van der Waals surface area contributed by atoms with Crippen molar-refractivity contribution in [2.75, 3.05) is 38.0 Å². The number of nitrogens with one attached hydrogen (secondary N) is 2. The minimum Gasteiger partial charge on any atom is -0.348 e. The van der Waals surface area contributed by atoms with E-state index in [0.717, 1.165) is 11.1 Å². The fourth-order valence-corrected chi connectivity index (χ4v) is 5.29. The number of carbonyl (C=O) groups excluding carboxylic acids is 2. The van der Waals surface area contributed by atoms with E-state index in [2.05, 4.69) is 32.7 Å². The Morgan fingerprint density at radius 3 is 2.26 bits per heavy atom. The number of aromatic nitrogens is 1. The van der Waals surface area contributed by atoms with Crippen LogP contribution in [0.4, 0.5) is 15.2 Å². The molecule has 1 aromatic heterocycles.